The molecule has 0 atom stereocenters. The van der Waals surface area contributed by atoms with E-state index in [1.54, 1.807) is 0 Å². The lowest BCUT2D eigenvalue weighted by atomic mass is 10.2. The maximum Gasteiger partial charge on any atom is 0.422 e. The molecule has 1 aromatic carbocycles. The quantitative estimate of drug-likeness (QED) is 0.789. The Labute approximate surface area is 136 Å². The van der Waals surface area contributed by atoms with Gasteiger partial charge in [-0.15, -0.1) is 0 Å². The standard InChI is InChI=1S/C14H17F3N2O5/c1-19(6-5-12(20)21)13(22)18-9-3-4-10(23-2)11(7-9)24-8-14(15,16)17/h3-4,7H,5-6,8H2,1-2H3,(H,18,22)(H,20,21). The summed E-state index contributed by atoms with van der Waals surface area (Å²) >= 11 is 0. The Morgan fingerprint density at radius 2 is 1.96 bits per heavy atom. The van der Waals surface area contributed by atoms with E-state index in [1.807, 2.05) is 0 Å². The Kier molecular flexibility index (Phi) is 6.69. The first-order valence-corrected chi connectivity index (χ1v) is 6.74. The van der Waals surface area contributed by atoms with Gasteiger partial charge in [-0.1, -0.05) is 0 Å². The fourth-order valence-corrected chi connectivity index (χ4v) is 1.61. The van der Waals surface area contributed by atoms with Crippen molar-refractivity contribution in [2.24, 2.45) is 0 Å². The summed E-state index contributed by atoms with van der Waals surface area (Å²) in [7, 11) is 2.66. The molecule has 0 aliphatic carbocycles. The molecule has 1 aromatic rings. The highest BCUT2D eigenvalue weighted by Gasteiger charge is 2.29. The molecule has 0 saturated heterocycles. The van der Waals surface area contributed by atoms with Crippen molar-refractivity contribution < 1.29 is 37.3 Å². The van der Waals surface area contributed by atoms with E-state index in [0.29, 0.717) is 0 Å². The third kappa shape index (κ3) is 6.63. The van der Waals surface area contributed by atoms with E-state index in [9.17, 15) is 22.8 Å². The van der Waals surface area contributed by atoms with E-state index in [-0.39, 0.29) is 30.2 Å². The van der Waals surface area contributed by atoms with Gasteiger partial charge in [0.05, 0.1) is 13.5 Å². The molecule has 10 heteroatoms. The second-order valence-corrected chi connectivity index (χ2v) is 4.76. The Bertz CT molecular complexity index is 592. The highest BCUT2D eigenvalue weighted by molar-refractivity contribution is 5.89. The van der Waals surface area contributed by atoms with Crippen LogP contribution in [-0.4, -0.2) is 55.5 Å². The Hall–Kier alpha value is -2.65. The van der Waals surface area contributed by atoms with E-state index >= 15 is 0 Å². The number of anilines is 1. The van der Waals surface area contributed by atoms with E-state index < -0.39 is 24.8 Å². The van der Waals surface area contributed by atoms with Crippen molar-refractivity contribution in [2.75, 3.05) is 32.6 Å². The minimum absolute atomic E-state index is 0.0191. The molecule has 0 fully saturated rings. The minimum atomic E-state index is -4.51. The zero-order valence-electron chi connectivity index (χ0n) is 13.0. The molecule has 0 aliphatic rings. The molecule has 24 heavy (non-hydrogen) atoms. The van der Waals surface area contributed by atoms with Crippen molar-refractivity contribution in [3.63, 3.8) is 0 Å². The van der Waals surface area contributed by atoms with Crippen LogP contribution in [0.15, 0.2) is 18.2 Å². The molecule has 0 unspecified atom stereocenters. The minimum Gasteiger partial charge on any atom is -0.493 e. The van der Waals surface area contributed by atoms with Gasteiger partial charge >= 0.3 is 18.2 Å². The highest BCUT2D eigenvalue weighted by Crippen LogP contribution is 2.31. The first-order valence-electron chi connectivity index (χ1n) is 6.74. The van der Waals surface area contributed by atoms with Crippen LogP contribution in [0.1, 0.15) is 6.42 Å². The second-order valence-electron chi connectivity index (χ2n) is 4.76. The molecule has 0 aliphatic heterocycles. The van der Waals surface area contributed by atoms with Crippen LogP contribution in [0.3, 0.4) is 0 Å². The first-order chi connectivity index (χ1) is 11.1. The van der Waals surface area contributed by atoms with Crippen LogP contribution >= 0.6 is 0 Å². The highest BCUT2D eigenvalue weighted by atomic mass is 19.4. The molecule has 0 radical (unpaired) electrons. The number of amides is 2. The predicted molar refractivity (Wildman–Crippen MR) is 78.4 cm³/mol. The summed E-state index contributed by atoms with van der Waals surface area (Å²) in [5, 5.41) is 11.0. The fourth-order valence-electron chi connectivity index (χ4n) is 1.61. The molecule has 1 rings (SSSR count). The number of halogens is 3. The molecule has 7 nitrogen and oxygen atoms in total. The summed E-state index contributed by atoms with van der Waals surface area (Å²) in [6, 6.07) is 3.34. The number of benzene rings is 1. The molecule has 0 bridgehead atoms. The van der Waals surface area contributed by atoms with Gasteiger partial charge in [-0.25, -0.2) is 4.79 Å². The summed E-state index contributed by atoms with van der Waals surface area (Å²) < 4.78 is 46.3. The lowest BCUT2D eigenvalue weighted by Gasteiger charge is -2.18. The zero-order chi connectivity index (χ0) is 18.3. The van der Waals surface area contributed by atoms with Crippen LogP contribution < -0.4 is 14.8 Å². The number of carbonyl (C=O) groups excluding carboxylic acids is 1. The Balaban J connectivity index is 2.78. The van der Waals surface area contributed by atoms with Crippen LogP contribution in [0, 0.1) is 0 Å². The fraction of sp³-hybridized carbons (Fsp3) is 0.429. The van der Waals surface area contributed by atoms with Crippen LogP contribution in [0.4, 0.5) is 23.7 Å². The van der Waals surface area contributed by atoms with Crippen molar-refractivity contribution >= 4 is 17.7 Å². The number of nitrogens with one attached hydrogen (secondary N) is 1. The van der Waals surface area contributed by atoms with Gasteiger partial charge < -0.3 is 24.8 Å². The average Bonchev–Trinajstić information content (AvgIpc) is 2.49. The number of rotatable bonds is 7. The third-order valence-electron chi connectivity index (χ3n) is 2.81. The van der Waals surface area contributed by atoms with Gasteiger partial charge in [-0.3, -0.25) is 4.79 Å². The van der Waals surface area contributed by atoms with E-state index in [1.165, 1.54) is 32.4 Å². The third-order valence-corrected chi connectivity index (χ3v) is 2.81. The number of carboxylic acids is 1. The normalized spacial score (nSPS) is 10.9. The first kappa shape index (κ1) is 19.4. The maximum absolute atomic E-state index is 12.3. The largest absolute Gasteiger partial charge is 0.493 e. The number of methoxy groups -OCH3 is 1. The van der Waals surface area contributed by atoms with Crippen LogP contribution in [0.2, 0.25) is 0 Å². The van der Waals surface area contributed by atoms with E-state index in [0.717, 1.165) is 4.90 Å². The van der Waals surface area contributed by atoms with Gasteiger partial charge in [0.25, 0.3) is 0 Å². The Morgan fingerprint density at radius 3 is 2.50 bits per heavy atom. The number of hydrogen-bond acceptors (Lipinski definition) is 4. The molecule has 0 aromatic heterocycles. The lowest BCUT2D eigenvalue weighted by Crippen LogP contribution is -2.33. The van der Waals surface area contributed by atoms with Crippen molar-refractivity contribution in [2.45, 2.75) is 12.6 Å². The molecular formula is C14H17F3N2O5. The number of carboxylic acid groups (broad SMARTS) is 1. The zero-order valence-corrected chi connectivity index (χ0v) is 13.0. The van der Waals surface area contributed by atoms with Gasteiger partial charge in [0.2, 0.25) is 0 Å². The van der Waals surface area contributed by atoms with Crippen molar-refractivity contribution in [3.8, 4) is 11.5 Å². The summed E-state index contributed by atoms with van der Waals surface area (Å²) in [5.74, 6) is -1.15. The van der Waals surface area contributed by atoms with Crippen LogP contribution in [0.25, 0.3) is 0 Å². The number of ether oxygens (including phenoxy) is 2. The number of aliphatic carboxylic acids is 1. The second kappa shape index (κ2) is 8.27. The van der Waals surface area contributed by atoms with Crippen molar-refractivity contribution in [3.05, 3.63) is 18.2 Å². The lowest BCUT2D eigenvalue weighted by molar-refractivity contribution is -0.153. The summed E-state index contributed by atoms with van der Waals surface area (Å²) in [4.78, 5) is 23.5. The predicted octanol–water partition coefficient (Wildman–Crippen LogP) is 2.57. The van der Waals surface area contributed by atoms with Gasteiger partial charge in [-0.2, -0.15) is 13.2 Å². The molecule has 0 heterocycles. The van der Waals surface area contributed by atoms with E-state index in [4.69, 9.17) is 9.84 Å². The van der Waals surface area contributed by atoms with Gasteiger partial charge in [-0.05, 0) is 12.1 Å². The SMILES string of the molecule is COc1ccc(NC(=O)N(C)CCC(=O)O)cc1OCC(F)(F)F. The summed E-state index contributed by atoms with van der Waals surface area (Å²) in [6.45, 7) is -1.52. The smallest absolute Gasteiger partial charge is 0.422 e. The van der Waals surface area contributed by atoms with Gasteiger partial charge in [0, 0.05) is 25.3 Å². The molecule has 2 N–H and O–H groups in total. The van der Waals surface area contributed by atoms with E-state index in [2.05, 4.69) is 10.1 Å². The number of urea groups is 1. The molecule has 2 amide bonds. The Morgan fingerprint density at radius 1 is 1.29 bits per heavy atom. The summed E-state index contributed by atoms with van der Waals surface area (Å²) in [6.07, 6.45) is -4.74. The molecule has 0 spiro atoms. The number of hydrogen-bond donors (Lipinski definition) is 2. The maximum atomic E-state index is 12.3. The van der Waals surface area contributed by atoms with Gasteiger partial charge in [0.15, 0.2) is 18.1 Å². The number of carbonyl (C=O) groups is 2. The summed E-state index contributed by atoms with van der Waals surface area (Å²) in [5.41, 5.74) is 0.181. The van der Waals surface area contributed by atoms with Crippen molar-refractivity contribution in [1.82, 2.24) is 4.90 Å². The van der Waals surface area contributed by atoms with Crippen LogP contribution in [0.5, 0.6) is 11.5 Å². The number of nitrogens with zero attached hydrogens (tertiary/aromatic N) is 1. The molecule has 134 valence electrons. The van der Waals surface area contributed by atoms with Crippen LogP contribution in [-0.2, 0) is 4.79 Å². The molecule has 0 saturated carbocycles. The topological polar surface area (TPSA) is 88.1 Å². The van der Waals surface area contributed by atoms with Gasteiger partial charge in [0.1, 0.15) is 0 Å². The molecular weight excluding hydrogens is 333 g/mol. The monoisotopic (exact) mass is 350 g/mol. The number of alkyl halides is 3. The average molecular weight is 350 g/mol. The van der Waals surface area contributed by atoms with Crippen molar-refractivity contribution in [1.29, 1.82) is 0 Å².